The fraction of sp³-hybridized carbons (Fsp3) is 0.659. The number of nitrogens with one attached hydrogen (secondary N) is 2. The maximum atomic E-state index is 13.2. The van der Waals surface area contributed by atoms with Crippen LogP contribution in [0.4, 0.5) is 11.4 Å². The zero-order valence-corrected chi connectivity index (χ0v) is 113. The molecule has 14 radical (unpaired) electrons. The minimum absolute atomic E-state index is 0. The zero-order valence-electron chi connectivity index (χ0n) is 72.3. The fourth-order valence-corrected chi connectivity index (χ4v) is 19.1. The SMILES string of the molecule is O=C(CCCC(=O)Nc1ccc(S[C@@H]2O[C@H](COS(=O)(=O)O)[C@@H](O[C@H]3O[C@H](COS(=O)(=O)O)[C@@H](OS(=O)(=O)O)[C@H](OS(=O)(=O)O)[C@H]3OS(=O)(=O)O)[C@H](OS(=O)(=O)O)[C@H]2OS(=O)(=O)O)cc1)Nc1ccc(S[C@@H]2O[C@H](COS(=O)(=O)O)[C@@H](O[C@H]3O[C@H](COS(=O)(=O)O)[C@@H](OS(=O)(=O)O)[C@H](OS(=O)(=O)O)[C@H]3OS(=O)(=O)O)[C@H](OS(=O)(=O)O)[C@H]2OS(=O)(=O)O)cc1.[Na].[Na].[Na].[Na].[Na].[Na].[Na].[Na].[Na].[Na].[Na].[Na].[Na].[Na]. The second-order valence-corrected chi connectivity index (χ2v) is 40.5. The molecule has 4 aliphatic heterocycles. The summed E-state index contributed by atoms with van der Waals surface area (Å²) in [6.07, 6.45) is -58.1. The molecule has 0 unspecified atom stereocenters. The summed E-state index contributed by atoms with van der Waals surface area (Å²) in [5.41, 5.74) is -5.21. The smallest absolute Gasteiger partial charge is 0.356 e. The van der Waals surface area contributed by atoms with Gasteiger partial charge in [-0.15, -0.1) is 0 Å². The minimum atomic E-state index is -6.29. The Kier molecular flexibility index (Phi) is 82.8. The van der Waals surface area contributed by atoms with E-state index in [-0.39, 0.29) is 465 Å². The van der Waals surface area contributed by atoms with Crippen LogP contribution < -0.4 is 10.6 Å². The normalized spacial score (nSPS) is 25.7. The number of hydrogen-bond acceptors (Lipinski definition) is 52. The molecule has 726 valence electrons. The van der Waals surface area contributed by atoms with Gasteiger partial charge in [0, 0.05) is 448 Å². The first kappa shape index (κ1) is 165. The third-order valence-electron chi connectivity index (χ3n) is 14.4. The molecule has 0 saturated carbocycles. The maximum Gasteiger partial charge on any atom is 0.397 e. The first-order valence-corrected chi connectivity index (χ1v) is 51.4. The third-order valence-corrected chi connectivity index (χ3v) is 23.1. The monoisotopic (exact) mass is 2440 g/mol. The predicted molar refractivity (Wildman–Crippen MR) is 455 cm³/mol. The zero-order chi connectivity index (χ0) is 93.6. The summed E-state index contributed by atoms with van der Waals surface area (Å²) < 4.78 is 568. The van der Waals surface area contributed by atoms with Crippen LogP contribution in [0.3, 0.4) is 0 Å². The van der Waals surface area contributed by atoms with Crippen molar-refractivity contribution in [1.29, 1.82) is 0 Å². The van der Waals surface area contributed by atoms with Crippen LogP contribution in [0, 0.1) is 0 Å². The number of rotatable bonds is 46. The van der Waals surface area contributed by atoms with E-state index >= 15 is 0 Å². The number of thioether (sulfide) groups is 2. The van der Waals surface area contributed by atoms with Gasteiger partial charge < -0.3 is 39.1 Å². The van der Waals surface area contributed by atoms with Gasteiger partial charge in [-0.25, -0.2) is 58.6 Å². The van der Waals surface area contributed by atoms with Crippen molar-refractivity contribution in [2.45, 2.75) is 150 Å². The van der Waals surface area contributed by atoms with Crippen LogP contribution in [-0.4, -0.2) is 755 Å². The van der Waals surface area contributed by atoms with Crippen LogP contribution in [0.5, 0.6) is 0 Å². The van der Waals surface area contributed by atoms with Crippen molar-refractivity contribution in [3.63, 3.8) is 0 Å². The Morgan fingerprint density at radius 1 is 0.248 bits per heavy atom. The number of benzene rings is 2. The van der Waals surface area contributed by atoms with Crippen LogP contribution in [0.1, 0.15) is 19.3 Å². The molecule has 96 heteroatoms. The van der Waals surface area contributed by atoms with Gasteiger partial charge in [0.15, 0.2) is 24.8 Å². The van der Waals surface area contributed by atoms with Crippen LogP contribution in [0.15, 0.2) is 58.3 Å². The van der Waals surface area contributed by atoms with E-state index in [1.165, 1.54) is 0 Å². The molecular weight excluding hydrogens is 2380 g/mol. The van der Waals surface area contributed by atoms with E-state index in [1.807, 2.05) is 0 Å². The minimum Gasteiger partial charge on any atom is -0.356 e. The summed E-state index contributed by atoms with van der Waals surface area (Å²) in [6, 6.07) is 8.03. The Morgan fingerprint density at radius 2 is 0.431 bits per heavy atom. The average Bonchev–Trinajstić information content (AvgIpc) is 0.756. The van der Waals surface area contributed by atoms with Gasteiger partial charge in [-0.05, 0) is 55.0 Å². The molecule has 0 aliphatic carbocycles. The Labute approximate surface area is 1100 Å². The predicted octanol–water partition coefficient (Wildman–Crippen LogP) is -12.9. The first-order valence-electron chi connectivity index (χ1n) is 30.5. The van der Waals surface area contributed by atoms with E-state index < -0.39 is 318 Å². The number of hydrogen-bond donors (Lipinski definition) is 16. The second kappa shape index (κ2) is 69.0. The second-order valence-electron chi connectivity index (χ2n) is 23.3. The number of amides is 2. The van der Waals surface area contributed by atoms with E-state index in [4.69, 9.17) is 28.4 Å². The van der Waals surface area contributed by atoms with Crippen molar-refractivity contribution in [1.82, 2.24) is 0 Å². The summed E-state index contributed by atoms with van der Waals surface area (Å²) in [7, 11) is -85.4. The van der Waals surface area contributed by atoms with Gasteiger partial charge in [0.1, 0.15) is 96.3 Å². The van der Waals surface area contributed by atoms with Crippen LogP contribution >= 0.6 is 23.5 Å². The van der Waals surface area contributed by atoms with Gasteiger partial charge in [0.25, 0.3) is 0 Å². The summed E-state index contributed by atoms with van der Waals surface area (Å²) in [5.74, 6) is -1.79. The molecule has 2 aromatic carbocycles. The number of carbonyl (C=O) groups excluding carboxylic acids is 2. The van der Waals surface area contributed by atoms with Gasteiger partial charge in [-0.3, -0.25) is 73.3 Å². The molecule has 16 N–H and O–H groups in total. The maximum absolute atomic E-state index is 13.2. The quantitative estimate of drug-likeness (QED) is 0.0216. The summed E-state index contributed by atoms with van der Waals surface area (Å²) in [4.78, 5) is 25.7. The Balaban J connectivity index is -0.00000167. The molecule has 4 fully saturated rings. The summed E-state index contributed by atoms with van der Waals surface area (Å²) >= 11 is 0.207. The number of carbonyl (C=O) groups is 2. The third kappa shape index (κ3) is 66.1. The van der Waals surface area contributed by atoms with E-state index in [1.54, 1.807) is 0 Å². The molecule has 2 aromatic rings. The Morgan fingerprint density at radius 3 is 0.635 bits per heavy atom. The van der Waals surface area contributed by atoms with Crippen molar-refractivity contribution in [3.05, 3.63) is 48.5 Å². The molecule has 2 amide bonds. The standard InChI is InChI=1S/C41H58N2O64S16.14Na/c44-24(42-16-4-8-18(9-5-16)108-40-36(106-122(82,83)84)30(100-116(64,65)66)26(20(94-40)12-88-110(46,47)48)96-38-34(104-120(76,77)78)32(102-118(70,71)72)28(98-114(58,59)60)22(92-38)14-90-112(52,53)54)2-1-3-25(45)43-17-6-10-19(11-7-17)109-41-37(107-123(85,86)87)31(101-117(67,68)69)27(21(95-41)13-89-111(49,50)51)97-39-35(105-121(79,80)81)33(103-119(73,74)75)29(99-115(61,62)63)23(93-39)15-91-113(55,56)57;;;;;;;;;;;;;;/h4-11,20-23,26-41H,1-3,12-15H2,(H,42,44)(H,43,45)(H,46,47,48)(H,49,50,51)(H,52,53,54)(H,55,56,57)(H,58,59,60)(H,61,62,63)(H,64,65,66)(H,67,68,69)(H,70,71,72)(H,73,74,75)(H,76,77,78)(H,79,80,81)(H,82,83,84)(H,85,86,87);;;;;;;;;;;;;;/t20-,21-,22-,23-,26-,27-,28-,29-,30+,31+,32+,33+,34-,35-,36-,37-,38-,39-,40+,41+;;;;;;;;;;;;;;/m1............../s1. The molecular formula is C41H58N2Na14O64S16. The van der Waals surface area contributed by atoms with Crippen molar-refractivity contribution >= 4 is 606 Å². The van der Waals surface area contributed by atoms with Gasteiger partial charge in [0.2, 0.25) is 11.8 Å². The molecule has 0 spiro atoms. The van der Waals surface area contributed by atoms with Gasteiger partial charge in [0.05, 0.1) is 26.4 Å². The van der Waals surface area contributed by atoms with Gasteiger partial charge in [-0.1, -0.05) is 23.5 Å². The molecule has 4 aliphatic rings. The largest absolute Gasteiger partial charge is 0.397 e. The molecule has 0 bridgehead atoms. The molecule has 137 heavy (non-hydrogen) atoms. The van der Waals surface area contributed by atoms with Crippen LogP contribution in [0.2, 0.25) is 0 Å². The first-order chi connectivity index (χ1) is 55.4. The number of anilines is 2. The van der Waals surface area contributed by atoms with Crippen molar-refractivity contribution in [2.24, 2.45) is 0 Å². The van der Waals surface area contributed by atoms with Crippen molar-refractivity contribution in [3.8, 4) is 0 Å². The van der Waals surface area contributed by atoms with Gasteiger partial charge in [-0.2, -0.15) is 118 Å². The van der Waals surface area contributed by atoms with E-state index in [0.717, 1.165) is 48.5 Å². The Bertz CT molecular complexity index is 5500. The van der Waals surface area contributed by atoms with Crippen molar-refractivity contribution < 1.29 is 278 Å². The molecule has 66 nitrogen and oxygen atoms in total. The fourth-order valence-electron chi connectivity index (χ4n) is 10.6. The molecule has 4 heterocycles. The van der Waals surface area contributed by atoms with E-state index in [2.05, 4.69) is 69.2 Å². The average molecular weight is 2440 g/mol. The van der Waals surface area contributed by atoms with Crippen LogP contribution in [-0.2, 0) is 242 Å². The van der Waals surface area contributed by atoms with Crippen molar-refractivity contribution in [2.75, 3.05) is 37.1 Å². The summed E-state index contributed by atoms with van der Waals surface area (Å²) in [6.45, 7) is -7.63. The molecule has 6 rings (SSSR count). The van der Waals surface area contributed by atoms with E-state index in [0.29, 0.717) is 0 Å². The number of ether oxygens (including phenoxy) is 6. The molecule has 20 atom stereocenters. The molecule has 4 saturated heterocycles. The summed E-state index contributed by atoms with van der Waals surface area (Å²) in [5, 5.41) is 4.71. The topological polar surface area (TPSA) is 1000 Å². The Hall–Kier alpha value is 10.0. The van der Waals surface area contributed by atoms with Gasteiger partial charge >= 0.3 is 146 Å². The molecule has 0 aromatic heterocycles. The van der Waals surface area contributed by atoms with Crippen LogP contribution in [0.25, 0.3) is 0 Å². The van der Waals surface area contributed by atoms with E-state index in [9.17, 15) is 191 Å².